The average molecular weight is 291 g/mol. The summed E-state index contributed by atoms with van der Waals surface area (Å²) in [6, 6.07) is 12.1. The summed E-state index contributed by atoms with van der Waals surface area (Å²) in [4.78, 5) is 0. The molecule has 0 unspecified atom stereocenters. The largest absolute Gasteiger partial charge is 0.417 e. The fraction of sp³-hybridized carbons (Fsp3) is 0.133. The van der Waals surface area contributed by atoms with E-state index in [1.807, 2.05) is 0 Å². The quantitative estimate of drug-likeness (QED) is 0.846. The van der Waals surface area contributed by atoms with Crippen LogP contribution >= 0.6 is 0 Å². The van der Waals surface area contributed by atoms with Gasteiger partial charge in [-0.3, -0.25) is 0 Å². The molecule has 21 heavy (non-hydrogen) atoms. The van der Waals surface area contributed by atoms with E-state index in [1.54, 1.807) is 30.3 Å². The van der Waals surface area contributed by atoms with Crippen molar-refractivity contribution in [2.24, 2.45) is 0 Å². The zero-order valence-corrected chi connectivity index (χ0v) is 10.9. The summed E-state index contributed by atoms with van der Waals surface area (Å²) in [5.41, 5.74) is 6.05. The Morgan fingerprint density at radius 3 is 2.33 bits per heavy atom. The average Bonchev–Trinajstić information content (AvgIpc) is 2.45. The fourth-order valence-corrected chi connectivity index (χ4v) is 1.83. The van der Waals surface area contributed by atoms with Gasteiger partial charge in [0.25, 0.3) is 0 Å². The van der Waals surface area contributed by atoms with Crippen molar-refractivity contribution >= 4 is 11.4 Å². The second-order valence-electron chi connectivity index (χ2n) is 4.47. The van der Waals surface area contributed by atoms with E-state index >= 15 is 0 Å². The maximum atomic E-state index is 12.8. The summed E-state index contributed by atoms with van der Waals surface area (Å²) in [6.45, 7) is 0.365. The number of nitrogens with two attached hydrogens (primary N) is 1. The first-order valence-corrected chi connectivity index (χ1v) is 6.10. The maximum absolute atomic E-state index is 12.8. The Balaban J connectivity index is 2.18. The van der Waals surface area contributed by atoms with Gasteiger partial charge in [0.15, 0.2) is 0 Å². The molecular formula is C15H12F3N3. The van der Waals surface area contributed by atoms with Crippen LogP contribution in [-0.2, 0) is 12.7 Å². The fourth-order valence-electron chi connectivity index (χ4n) is 1.83. The first kappa shape index (κ1) is 14.7. The van der Waals surface area contributed by atoms with Gasteiger partial charge in [-0.05, 0) is 35.9 Å². The summed E-state index contributed by atoms with van der Waals surface area (Å²) in [6.07, 6.45) is -4.55. The summed E-state index contributed by atoms with van der Waals surface area (Å²) in [5.74, 6) is 0. The van der Waals surface area contributed by atoms with E-state index < -0.39 is 11.7 Å². The van der Waals surface area contributed by atoms with Crippen LogP contribution in [0.5, 0.6) is 0 Å². The van der Waals surface area contributed by atoms with E-state index in [-0.39, 0.29) is 5.56 Å². The lowest BCUT2D eigenvalue weighted by molar-refractivity contribution is -0.137. The standard InChI is InChI=1S/C15H12F3N3/c16-15(17,18)14-7-13(6-3-11(14)8-19)21-9-10-1-4-12(20)5-2-10/h1-7,21H,9,20H2. The number of halogens is 3. The highest BCUT2D eigenvalue weighted by atomic mass is 19.4. The number of hydrogen-bond acceptors (Lipinski definition) is 3. The van der Waals surface area contributed by atoms with E-state index in [0.29, 0.717) is 17.9 Å². The van der Waals surface area contributed by atoms with Crippen LogP contribution in [-0.4, -0.2) is 0 Å². The molecule has 0 aliphatic heterocycles. The van der Waals surface area contributed by atoms with Gasteiger partial charge in [0, 0.05) is 17.9 Å². The molecule has 0 bridgehead atoms. The molecule has 3 nitrogen and oxygen atoms in total. The Hall–Kier alpha value is -2.68. The molecule has 0 radical (unpaired) electrons. The first-order chi connectivity index (χ1) is 9.90. The van der Waals surface area contributed by atoms with Crippen molar-refractivity contribution in [2.45, 2.75) is 12.7 Å². The number of rotatable bonds is 3. The van der Waals surface area contributed by atoms with Gasteiger partial charge in [0.05, 0.1) is 17.2 Å². The van der Waals surface area contributed by atoms with Gasteiger partial charge in [0.2, 0.25) is 0 Å². The van der Waals surface area contributed by atoms with Gasteiger partial charge in [-0.2, -0.15) is 18.4 Å². The molecule has 3 N–H and O–H groups in total. The van der Waals surface area contributed by atoms with Gasteiger partial charge >= 0.3 is 6.18 Å². The van der Waals surface area contributed by atoms with Crippen molar-refractivity contribution in [2.75, 3.05) is 11.1 Å². The molecule has 108 valence electrons. The molecule has 0 spiro atoms. The van der Waals surface area contributed by atoms with E-state index in [0.717, 1.165) is 17.7 Å². The van der Waals surface area contributed by atoms with Crippen molar-refractivity contribution in [3.8, 4) is 6.07 Å². The minimum Gasteiger partial charge on any atom is -0.399 e. The van der Waals surface area contributed by atoms with Crippen LogP contribution in [0.15, 0.2) is 42.5 Å². The van der Waals surface area contributed by atoms with Gasteiger partial charge in [-0.15, -0.1) is 0 Å². The lowest BCUT2D eigenvalue weighted by Gasteiger charge is -2.12. The van der Waals surface area contributed by atoms with Crippen molar-refractivity contribution in [3.05, 3.63) is 59.2 Å². The monoisotopic (exact) mass is 291 g/mol. The van der Waals surface area contributed by atoms with Crippen molar-refractivity contribution in [1.29, 1.82) is 5.26 Å². The Kier molecular flexibility index (Phi) is 4.03. The Morgan fingerprint density at radius 1 is 1.10 bits per heavy atom. The Morgan fingerprint density at radius 2 is 1.76 bits per heavy atom. The number of anilines is 2. The molecule has 0 amide bonds. The van der Waals surface area contributed by atoms with E-state index in [4.69, 9.17) is 11.0 Å². The molecule has 2 aromatic carbocycles. The third kappa shape index (κ3) is 3.66. The number of alkyl halides is 3. The predicted octanol–water partition coefficient (Wildman–Crippen LogP) is 3.77. The number of benzene rings is 2. The van der Waals surface area contributed by atoms with Crippen molar-refractivity contribution < 1.29 is 13.2 Å². The van der Waals surface area contributed by atoms with Crippen LogP contribution in [0.3, 0.4) is 0 Å². The summed E-state index contributed by atoms with van der Waals surface area (Å²) < 4.78 is 38.5. The first-order valence-electron chi connectivity index (χ1n) is 6.10. The zero-order chi connectivity index (χ0) is 15.5. The number of nitrogen functional groups attached to an aromatic ring is 1. The number of nitrogens with one attached hydrogen (secondary N) is 1. The minimum absolute atomic E-state index is 0.304. The summed E-state index contributed by atoms with van der Waals surface area (Å²) >= 11 is 0. The molecule has 2 rings (SSSR count). The molecule has 2 aromatic rings. The summed E-state index contributed by atoms with van der Waals surface area (Å²) in [5, 5.41) is 11.6. The Labute approximate surface area is 119 Å². The SMILES string of the molecule is N#Cc1ccc(NCc2ccc(N)cc2)cc1C(F)(F)F. The van der Waals surface area contributed by atoms with Gasteiger partial charge < -0.3 is 11.1 Å². The molecular weight excluding hydrogens is 279 g/mol. The van der Waals surface area contributed by atoms with Crippen molar-refractivity contribution in [3.63, 3.8) is 0 Å². The lowest BCUT2D eigenvalue weighted by atomic mass is 10.1. The molecule has 6 heteroatoms. The van der Waals surface area contributed by atoms with Gasteiger partial charge in [-0.1, -0.05) is 12.1 Å². The highest BCUT2D eigenvalue weighted by Crippen LogP contribution is 2.33. The molecule has 0 atom stereocenters. The molecule has 0 heterocycles. The third-order valence-electron chi connectivity index (χ3n) is 2.92. The van der Waals surface area contributed by atoms with Gasteiger partial charge in [0.1, 0.15) is 0 Å². The predicted molar refractivity (Wildman–Crippen MR) is 74.3 cm³/mol. The zero-order valence-electron chi connectivity index (χ0n) is 10.9. The molecule has 0 aliphatic carbocycles. The number of nitrogens with zero attached hydrogens (tertiary/aromatic N) is 1. The summed E-state index contributed by atoms with van der Waals surface area (Å²) in [7, 11) is 0. The maximum Gasteiger partial charge on any atom is 0.417 e. The van der Waals surface area contributed by atoms with Crippen LogP contribution < -0.4 is 11.1 Å². The number of nitriles is 1. The highest BCUT2D eigenvalue weighted by molar-refractivity contribution is 5.53. The van der Waals surface area contributed by atoms with Crippen LogP contribution in [0.25, 0.3) is 0 Å². The number of hydrogen-bond donors (Lipinski definition) is 2. The molecule has 0 aliphatic rings. The topological polar surface area (TPSA) is 61.8 Å². The minimum atomic E-state index is -4.55. The van der Waals surface area contributed by atoms with Crippen LogP contribution in [0.4, 0.5) is 24.5 Å². The third-order valence-corrected chi connectivity index (χ3v) is 2.92. The van der Waals surface area contributed by atoms with E-state index in [1.165, 1.54) is 6.07 Å². The smallest absolute Gasteiger partial charge is 0.399 e. The van der Waals surface area contributed by atoms with E-state index in [9.17, 15) is 13.2 Å². The normalized spacial score (nSPS) is 11.0. The molecule has 0 fully saturated rings. The van der Waals surface area contributed by atoms with E-state index in [2.05, 4.69) is 5.32 Å². The van der Waals surface area contributed by atoms with Crippen molar-refractivity contribution in [1.82, 2.24) is 0 Å². The molecule has 0 saturated carbocycles. The lowest BCUT2D eigenvalue weighted by Crippen LogP contribution is -2.09. The van der Waals surface area contributed by atoms with Crippen LogP contribution in [0, 0.1) is 11.3 Å². The second kappa shape index (κ2) is 5.75. The van der Waals surface area contributed by atoms with Crippen LogP contribution in [0.1, 0.15) is 16.7 Å². The second-order valence-corrected chi connectivity index (χ2v) is 4.47. The van der Waals surface area contributed by atoms with Gasteiger partial charge in [-0.25, -0.2) is 0 Å². The van der Waals surface area contributed by atoms with Crippen LogP contribution in [0.2, 0.25) is 0 Å². The highest BCUT2D eigenvalue weighted by Gasteiger charge is 2.33. The molecule has 0 aromatic heterocycles. The Bertz CT molecular complexity index is 670. The molecule has 0 saturated heterocycles.